The van der Waals surface area contributed by atoms with Gasteiger partial charge in [0.2, 0.25) is 0 Å². The van der Waals surface area contributed by atoms with Crippen molar-refractivity contribution in [3.63, 3.8) is 0 Å². The van der Waals surface area contributed by atoms with Crippen LogP contribution in [0, 0.1) is 12.8 Å². The second kappa shape index (κ2) is 6.44. The number of hydrogen-bond acceptors (Lipinski definition) is 1. The molecule has 0 aliphatic heterocycles. The van der Waals surface area contributed by atoms with Gasteiger partial charge in [-0.25, -0.2) is 0 Å². The van der Waals surface area contributed by atoms with E-state index in [1.54, 1.807) is 0 Å². The van der Waals surface area contributed by atoms with Gasteiger partial charge < -0.3 is 5.32 Å². The van der Waals surface area contributed by atoms with Crippen molar-refractivity contribution in [1.82, 2.24) is 5.32 Å². The van der Waals surface area contributed by atoms with Gasteiger partial charge in [0, 0.05) is 6.04 Å². The molecule has 110 valence electrons. The fourth-order valence-corrected chi connectivity index (χ4v) is 3.39. The van der Waals surface area contributed by atoms with E-state index in [9.17, 15) is 0 Å². The van der Waals surface area contributed by atoms with Crippen molar-refractivity contribution in [3.8, 4) is 0 Å². The van der Waals surface area contributed by atoms with Gasteiger partial charge in [0.25, 0.3) is 0 Å². The lowest BCUT2D eigenvalue weighted by Crippen LogP contribution is -2.28. The molecule has 3 rings (SSSR count). The largest absolute Gasteiger partial charge is 0.317 e. The van der Waals surface area contributed by atoms with E-state index in [2.05, 4.69) is 73.9 Å². The van der Waals surface area contributed by atoms with E-state index in [1.165, 1.54) is 36.0 Å². The third-order valence-electron chi connectivity index (χ3n) is 4.82. The maximum atomic E-state index is 3.55. The van der Waals surface area contributed by atoms with Crippen molar-refractivity contribution in [2.24, 2.45) is 5.92 Å². The van der Waals surface area contributed by atoms with Crippen molar-refractivity contribution in [3.05, 3.63) is 71.3 Å². The minimum Gasteiger partial charge on any atom is -0.317 e. The topological polar surface area (TPSA) is 12.0 Å². The number of rotatable bonds is 6. The second-order valence-corrected chi connectivity index (χ2v) is 6.34. The fraction of sp³-hybridized carbons (Fsp3) is 0.400. The highest BCUT2D eigenvalue weighted by Gasteiger charge is 2.42. The van der Waals surface area contributed by atoms with Crippen molar-refractivity contribution in [1.29, 1.82) is 0 Å². The first-order chi connectivity index (χ1) is 10.3. The van der Waals surface area contributed by atoms with Crippen LogP contribution in [0.15, 0.2) is 54.6 Å². The molecule has 1 heteroatoms. The lowest BCUT2D eigenvalue weighted by Gasteiger charge is -2.16. The molecule has 2 aromatic rings. The van der Waals surface area contributed by atoms with Gasteiger partial charge in [0.15, 0.2) is 0 Å². The highest BCUT2D eigenvalue weighted by Crippen LogP contribution is 2.50. The van der Waals surface area contributed by atoms with Gasteiger partial charge in [-0.15, -0.1) is 0 Å². The summed E-state index contributed by atoms with van der Waals surface area (Å²) in [6.07, 6.45) is 3.74. The number of benzene rings is 2. The average Bonchev–Trinajstić information content (AvgIpc) is 3.31. The summed E-state index contributed by atoms with van der Waals surface area (Å²) in [5.41, 5.74) is 4.31. The van der Waals surface area contributed by atoms with E-state index in [0.29, 0.717) is 6.04 Å². The molecule has 1 aliphatic carbocycles. The van der Waals surface area contributed by atoms with Crippen LogP contribution in [0.1, 0.15) is 35.4 Å². The molecule has 0 heterocycles. The predicted molar refractivity (Wildman–Crippen MR) is 89.6 cm³/mol. The van der Waals surface area contributed by atoms with Crippen molar-refractivity contribution in [2.45, 2.75) is 38.1 Å². The van der Waals surface area contributed by atoms with Crippen molar-refractivity contribution >= 4 is 0 Å². The lowest BCUT2D eigenvalue weighted by atomic mass is 9.98. The highest BCUT2D eigenvalue weighted by molar-refractivity contribution is 5.27. The summed E-state index contributed by atoms with van der Waals surface area (Å²) in [7, 11) is 2.11. The summed E-state index contributed by atoms with van der Waals surface area (Å²) >= 11 is 0. The van der Waals surface area contributed by atoms with Crippen LogP contribution in [0.2, 0.25) is 0 Å². The Labute approximate surface area is 128 Å². The molecule has 1 nitrogen and oxygen atoms in total. The summed E-state index contributed by atoms with van der Waals surface area (Å²) in [4.78, 5) is 0. The van der Waals surface area contributed by atoms with E-state index >= 15 is 0 Å². The first kappa shape index (κ1) is 14.3. The van der Waals surface area contributed by atoms with E-state index in [1.807, 2.05) is 0 Å². The van der Waals surface area contributed by atoms with E-state index in [0.717, 1.165) is 11.8 Å². The van der Waals surface area contributed by atoms with Gasteiger partial charge in [0.05, 0.1) is 0 Å². The summed E-state index contributed by atoms with van der Waals surface area (Å²) in [5.74, 6) is 1.57. The molecule has 0 aromatic heterocycles. The second-order valence-electron chi connectivity index (χ2n) is 6.34. The molecule has 3 atom stereocenters. The number of hydrogen-bond donors (Lipinski definition) is 1. The van der Waals surface area contributed by atoms with Gasteiger partial charge in [-0.2, -0.15) is 0 Å². The van der Waals surface area contributed by atoms with Gasteiger partial charge >= 0.3 is 0 Å². The molecule has 1 aliphatic rings. The fourth-order valence-electron chi connectivity index (χ4n) is 3.39. The summed E-state index contributed by atoms with van der Waals surface area (Å²) in [6.45, 7) is 2.15. The molecule has 0 radical (unpaired) electrons. The standard InChI is InChI=1S/C20H25N/c1-15-8-10-16(11-9-15)12-13-20(21-2)19-14-18(19)17-6-4-3-5-7-17/h3-11,18-21H,12-14H2,1-2H3. The van der Waals surface area contributed by atoms with Gasteiger partial charge in [-0.05, 0) is 56.2 Å². The number of aryl methyl sites for hydroxylation is 2. The molecular formula is C20H25N. The third-order valence-corrected chi connectivity index (χ3v) is 4.82. The molecule has 0 spiro atoms. The zero-order valence-electron chi connectivity index (χ0n) is 13.0. The normalized spacial score (nSPS) is 22.0. The molecule has 1 fully saturated rings. The molecule has 1 N–H and O–H groups in total. The van der Waals surface area contributed by atoms with Crippen LogP contribution in [0.4, 0.5) is 0 Å². The Hall–Kier alpha value is -1.60. The summed E-state index contributed by atoms with van der Waals surface area (Å²) in [6, 6.07) is 20.6. The number of nitrogens with one attached hydrogen (secondary N) is 1. The van der Waals surface area contributed by atoms with Crippen LogP contribution in [0.5, 0.6) is 0 Å². The maximum absolute atomic E-state index is 3.55. The van der Waals surface area contributed by atoms with Crippen LogP contribution >= 0.6 is 0 Å². The first-order valence-electron chi connectivity index (χ1n) is 8.05. The molecule has 1 saturated carbocycles. The van der Waals surface area contributed by atoms with Crippen LogP contribution < -0.4 is 5.32 Å². The summed E-state index contributed by atoms with van der Waals surface area (Å²) in [5, 5.41) is 3.55. The van der Waals surface area contributed by atoms with E-state index in [4.69, 9.17) is 0 Å². The van der Waals surface area contributed by atoms with Crippen LogP contribution in [-0.4, -0.2) is 13.1 Å². The Morgan fingerprint density at radius 2 is 1.76 bits per heavy atom. The van der Waals surface area contributed by atoms with Gasteiger partial charge in [0.1, 0.15) is 0 Å². The van der Waals surface area contributed by atoms with E-state index in [-0.39, 0.29) is 0 Å². The zero-order chi connectivity index (χ0) is 14.7. The molecular weight excluding hydrogens is 254 g/mol. The minimum atomic E-state index is 0.636. The Bertz CT molecular complexity index is 558. The van der Waals surface area contributed by atoms with Crippen LogP contribution in [-0.2, 0) is 6.42 Å². The maximum Gasteiger partial charge on any atom is 0.0102 e. The molecule has 2 aromatic carbocycles. The van der Waals surface area contributed by atoms with Crippen molar-refractivity contribution < 1.29 is 0 Å². The van der Waals surface area contributed by atoms with Crippen LogP contribution in [0.3, 0.4) is 0 Å². The minimum absolute atomic E-state index is 0.636. The molecule has 0 saturated heterocycles. The summed E-state index contributed by atoms with van der Waals surface area (Å²) < 4.78 is 0. The smallest absolute Gasteiger partial charge is 0.0102 e. The zero-order valence-corrected chi connectivity index (χ0v) is 13.0. The first-order valence-corrected chi connectivity index (χ1v) is 8.05. The van der Waals surface area contributed by atoms with E-state index < -0.39 is 0 Å². The van der Waals surface area contributed by atoms with Gasteiger partial charge in [-0.1, -0.05) is 60.2 Å². The monoisotopic (exact) mass is 279 g/mol. The average molecular weight is 279 g/mol. The highest BCUT2D eigenvalue weighted by atomic mass is 14.9. The van der Waals surface area contributed by atoms with Crippen molar-refractivity contribution in [2.75, 3.05) is 7.05 Å². The SMILES string of the molecule is CNC(CCc1ccc(C)cc1)C1CC1c1ccccc1. The Morgan fingerprint density at radius 1 is 1.05 bits per heavy atom. The Balaban J connectivity index is 1.56. The quantitative estimate of drug-likeness (QED) is 0.830. The predicted octanol–water partition coefficient (Wildman–Crippen LogP) is 4.32. The van der Waals surface area contributed by atoms with Gasteiger partial charge in [-0.3, -0.25) is 0 Å². The Morgan fingerprint density at radius 3 is 2.43 bits per heavy atom. The molecule has 3 unspecified atom stereocenters. The van der Waals surface area contributed by atoms with Crippen LogP contribution in [0.25, 0.3) is 0 Å². The molecule has 0 bridgehead atoms. The third kappa shape index (κ3) is 3.54. The molecule has 0 amide bonds. The lowest BCUT2D eigenvalue weighted by molar-refractivity contribution is 0.462. The molecule has 21 heavy (non-hydrogen) atoms. The Kier molecular flexibility index (Phi) is 4.40.